The first-order valence-electron chi connectivity index (χ1n) is 6.59. The number of nitrogens with one attached hydrogen (secondary N) is 1. The Morgan fingerprint density at radius 2 is 2.00 bits per heavy atom. The average molecular weight is 259 g/mol. The maximum Gasteiger partial charge on any atom is 0.198 e. The SMILES string of the molecule is CCNc1cc(C(C)(C)C)nc(-c2occc2C)n1. The molecule has 0 aliphatic rings. The highest BCUT2D eigenvalue weighted by Crippen LogP contribution is 2.27. The van der Waals surface area contributed by atoms with Crippen molar-refractivity contribution < 1.29 is 4.42 Å². The molecule has 0 amide bonds. The van der Waals surface area contributed by atoms with Crippen LogP contribution in [0.4, 0.5) is 5.82 Å². The predicted octanol–water partition coefficient (Wildman–Crippen LogP) is 3.77. The summed E-state index contributed by atoms with van der Waals surface area (Å²) in [6.07, 6.45) is 1.67. The quantitative estimate of drug-likeness (QED) is 0.911. The molecule has 1 N–H and O–H groups in total. The van der Waals surface area contributed by atoms with Crippen LogP contribution < -0.4 is 5.32 Å². The van der Waals surface area contributed by atoms with Crippen LogP contribution in [0.3, 0.4) is 0 Å². The van der Waals surface area contributed by atoms with Crippen LogP contribution in [0.2, 0.25) is 0 Å². The number of anilines is 1. The number of aromatic nitrogens is 2. The number of rotatable bonds is 3. The molecular formula is C15H21N3O. The van der Waals surface area contributed by atoms with Gasteiger partial charge in [0.15, 0.2) is 11.6 Å². The molecule has 102 valence electrons. The van der Waals surface area contributed by atoms with Crippen LogP contribution >= 0.6 is 0 Å². The van der Waals surface area contributed by atoms with Gasteiger partial charge in [0, 0.05) is 18.0 Å². The fourth-order valence-corrected chi connectivity index (χ4v) is 1.81. The van der Waals surface area contributed by atoms with Gasteiger partial charge in [-0.25, -0.2) is 9.97 Å². The molecule has 0 saturated heterocycles. The molecule has 2 rings (SSSR count). The summed E-state index contributed by atoms with van der Waals surface area (Å²) in [7, 11) is 0. The Kier molecular flexibility index (Phi) is 3.60. The molecule has 0 unspecified atom stereocenters. The lowest BCUT2D eigenvalue weighted by Crippen LogP contribution is -2.16. The highest BCUT2D eigenvalue weighted by molar-refractivity contribution is 5.55. The Labute approximate surface area is 114 Å². The van der Waals surface area contributed by atoms with Gasteiger partial charge in [-0.1, -0.05) is 20.8 Å². The first kappa shape index (κ1) is 13.6. The standard InChI is InChI=1S/C15H21N3O/c1-6-16-12-9-11(15(3,4)5)17-14(18-12)13-10(2)7-8-19-13/h7-9H,6H2,1-5H3,(H,16,17,18). The topological polar surface area (TPSA) is 51.0 Å². The summed E-state index contributed by atoms with van der Waals surface area (Å²) in [6, 6.07) is 3.93. The molecule has 0 atom stereocenters. The van der Waals surface area contributed by atoms with E-state index >= 15 is 0 Å². The number of aryl methyl sites for hydroxylation is 1. The third kappa shape index (κ3) is 2.95. The largest absolute Gasteiger partial charge is 0.461 e. The molecule has 4 nitrogen and oxygen atoms in total. The summed E-state index contributed by atoms with van der Waals surface area (Å²) in [5.74, 6) is 2.23. The van der Waals surface area contributed by atoms with E-state index in [0.29, 0.717) is 5.82 Å². The molecule has 2 heterocycles. The fourth-order valence-electron chi connectivity index (χ4n) is 1.81. The van der Waals surface area contributed by atoms with E-state index < -0.39 is 0 Å². The minimum Gasteiger partial charge on any atom is -0.461 e. The minimum absolute atomic E-state index is 0.0254. The Balaban J connectivity index is 2.55. The van der Waals surface area contributed by atoms with Crippen LogP contribution in [0.1, 0.15) is 39.0 Å². The van der Waals surface area contributed by atoms with Crippen molar-refractivity contribution in [2.24, 2.45) is 0 Å². The van der Waals surface area contributed by atoms with Crippen molar-refractivity contribution in [3.63, 3.8) is 0 Å². The summed E-state index contributed by atoms with van der Waals surface area (Å²) >= 11 is 0. The number of hydrogen-bond donors (Lipinski definition) is 1. The van der Waals surface area contributed by atoms with E-state index in [1.165, 1.54) is 0 Å². The lowest BCUT2D eigenvalue weighted by Gasteiger charge is -2.19. The zero-order chi connectivity index (χ0) is 14.0. The number of furan rings is 1. The van der Waals surface area contributed by atoms with Crippen LogP contribution in [0.5, 0.6) is 0 Å². The van der Waals surface area contributed by atoms with Gasteiger partial charge in [-0.15, -0.1) is 0 Å². The molecule has 0 aliphatic carbocycles. The second kappa shape index (κ2) is 5.03. The van der Waals surface area contributed by atoms with Crippen LogP contribution in [-0.4, -0.2) is 16.5 Å². The van der Waals surface area contributed by atoms with E-state index in [-0.39, 0.29) is 5.41 Å². The second-order valence-corrected chi connectivity index (χ2v) is 5.68. The number of nitrogens with zero attached hydrogens (tertiary/aromatic N) is 2. The molecule has 4 heteroatoms. The maximum atomic E-state index is 5.50. The summed E-state index contributed by atoms with van der Waals surface area (Å²) in [5.41, 5.74) is 2.03. The van der Waals surface area contributed by atoms with Gasteiger partial charge in [0.1, 0.15) is 5.82 Å². The highest BCUT2D eigenvalue weighted by Gasteiger charge is 2.20. The van der Waals surface area contributed by atoms with Crippen molar-refractivity contribution in [2.45, 2.75) is 40.0 Å². The van der Waals surface area contributed by atoms with Crippen LogP contribution in [-0.2, 0) is 5.41 Å². The van der Waals surface area contributed by atoms with Gasteiger partial charge in [0.25, 0.3) is 0 Å². The van der Waals surface area contributed by atoms with Crippen molar-refractivity contribution in [1.82, 2.24) is 9.97 Å². The first-order chi connectivity index (χ1) is 8.91. The van der Waals surface area contributed by atoms with Crippen molar-refractivity contribution in [1.29, 1.82) is 0 Å². The molecule has 0 fully saturated rings. The molecule has 2 aromatic rings. The van der Waals surface area contributed by atoms with E-state index in [1.807, 2.05) is 19.1 Å². The molecule has 2 aromatic heterocycles. The Morgan fingerprint density at radius 3 is 2.53 bits per heavy atom. The maximum absolute atomic E-state index is 5.50. The highest BCUT2D eigenvalue weighted by atomic mass is 16.3. The lowest BCUT2D eigenvalue weighted by molar-refractivity contribution is 0.556. The van der Waals surface area contributed by atoms with Crippen molar-refractivity contribution in [2.75, 3.05) is 11.9 Å². The Bertz CT molecular complexity index is 567. The van der Waals surface area contributed by atoms with Gasteiger partial charge in [-0.3, -0.25) is 0 Å². The van der Waals surface area contributed by atoms with Gasteiger partial charge >= 0.3 is 0 Å². The zero-order valence-electron chi connectivity index (χ0n) is 12.2. The van der Waals surface area contributed by atoms with E-state index in [4.69, 9.17) is 4.42 Å². The summed E-state index contributed by atoms with van der Waals surface area (Å²) < 4.78 is 5.50. The molecule has 19 heavy (non-hydrogen) atoms. The predicted molar refractivity (Wildman–Crippen MR) is 77.3 cm³/mol. The summed E-state index contributed by atoms with van der Waals surface area (Å²) in [5, 5.41) is 3.25. The lowest BCUT2D eigenvalue weighted by atomic mass is 9.92. The molecular weight excluding hydrogens is 238 g/mol. The van der Waals surface area contributed by atoms with Gasteiger partial charge in [-0.2, -0.15) is 0 Å². The Morgan fingerprint density at radius 1 is 1.26 bits per heavy atom. The van der Waals surface area contributed by atoms with Crippen LogP contribution in [0.25, 0.3) is 11.6 Å². The van der Waals surface area contributed by atoms with E-state index in [0.717, 1.165) is 29.4 Å². The molecule has 0 aromatic carbocycles. The van der Waals surface area contributed by atoms with Gasteiger partial charge in [-0.05, 0) is 25.5 Å². The first-order valence-corrected chi connectivity index (χ1v) is 6.59. The summed E-state index contributed by atoms with van der Waals surface area (Å²) in [4.78, 5) is 9.17. The third-order valence-electron chi connectivity index (χ3n) is 2.92. The summed E-state index contributed by atoms with van der Waals surface area (Å²) in [6.45, 7) is 11.3. The monoisotopic (exact) mass is 259 g/mol. The van der Waals surface area contributed by atoms with E-state index in [9.17, 15) is 0 Å². The average Bonchev–Trinajstić information content (AvgIpc) is 2.74. The fraction of sp³-hybridized carbons (Fsp3) is 0.467. The van der Waals surface area contributed by atoms with Gasteiger partial charge < -0.3 is 9.73 Å². The van der Waals surface area contributed by atoms with E-state index in [1.54, 1.807) is 6.26 Å². The number of hydrogen-bond acceptors (Lipinski definition) is 4. The zero-order valence-corrected chi connectivity index (χ0v) is 12.2. The van der Waals surface area contributed by atoms with Crippen molar-refractivity contribution in [3.05, 3.63) is 29.7 Å². The van der Waals surface area contributed by atoms with Crippen molar-refractivity contribution >= 4 is 5.82 Å². The Hall–Kier alpha value is -1.84. The van der Waals surface area contributed by atoms with Crippen LogP contribution in [0, 0.1) is 6.92 Å². The van der Waals surface area contributed by atoms with Crippen LogP contribution in [0.15, 0.2) is 22.8 Å². The molecule has 0 saturated carbocycles. The molecule has 0 radical (unpaired) electrons. The minimum atomic E-state index is -0.0254. The van der Waals surface area contributed by atoms with E-state index in [2.05, 4.69) is 43.0 Å². The molecule has 0 spiro atoms. The second-order valence-electron chi connectivity index (χ2n) is 5.68. The molecule has 0 bridgehead atoms. The molecule has 0 aliphatic heterocycles. The van der Waals surface area contributed by atoms with Crippen molar-refractivity contribution in [3.8, 4) is 11.6 Å². The third-order valence-corrected chi connectivity index (χ3v) is 2.92. The van der Waals surface area contributed by atoms with Gasteiger partial charge in [0.05, 0.1) is 12.0 Å². The van der Waals surface area contributed by atoms with Gasteiger partial charge in [0.2, 0.25) is 0 Å². The normalized spacial score (nSPS) is 11.6. The smallest absolute Gasteiger partial charge is 0.198 e.